The summed E-state index contributed by atoms with van der Waals surface area (Å²) in [4.78, 5) is 69.9. The number of aromatic nitrogens is 3. The van der Waals surface area contributed by atoms with Crippen LogP contribution in [-0.2, 0) is 37.3 Å². The summed E-state index contributed by atoms with van der Waals surface area (Å²) < 4.78 is 52.4. The van der Waals surface area contributed by atoms with E-state index in [4.69, 9.17) is 14.5 Å². The predicted octanol–water partition coefficient (Wildman–Crippen LogP) is 2.82. The van der Waals surface area contributed by atoms with Gasteiger partial charge in [0.05, 0.1) is 12.7 Å². The van der Waals surface area contributed by atoms with Crippen LogP contribution in [0, 0.1) is 0 Å². The van der Waals surface area contributed by atoms with Crippen LogP contribution in [-0.4, -0.2) is 63.9 Å². The number of phosphoric acid groups is 3. The van der Waals surface area contributed by atoms with Gasteiger partial charge in [0.2, 0.25) is 0 Å². The number of hydrogen-bond acceptors (Lipinski definition) is 14. The van der Waals surface area contributed by atoms with Crippen LogP contribution in [0.15, 0.2) is 70.7 Å². The first kappa shape index (κ1) is 35.6. The third-order valence-corrected chi connectivity index (χ3v) is 11.6. The zero-order valence-electron chi connectivity index (χ0n) is 22.5. The molecule has 6 N–H and O–H groups in total. The van der Waals surface area contributed by atoms with Crippen LogP contribution in [0.25, 0.3) is 0 Å². The maximum atomic E-state index is 13.0. The molecule has 3 aromatic rings. The Morgan fingerprint density at radius 1 is 1.04 bits per heavy atom. The molecule has 0 saturated carbocycles. The Morgan fingerprint density at radius 2 is 1.78 bits per heavy atom. The second kappa shape index (κ2) is 15.1. The average molecular weight is 727 g/mol. The summed E-state index contributed by atoms with van der Waals surface area (Å²) in [7, 11) is -13.8. The molecule has 0 spiro atoms. The summed E-state index contributed by atoms with van der Waals surface area (Å²) in [5, 5.41) is 13.7. The minimum absolute atomic E-state index is 0.0608. The van der Waals surface area contributed by atoms with Crippen LogP contribution in [0.1, 0.15) is 28.6 Å². The molecule has 244 valence electrons. The molecule has 4 rings (SSSR count). The van der Waals surface area contributed by atoms with Crippen LogP contribution in [0.5, 0.6) is 0 Å². The number of hydrogen-bond donors (Lipinski definition) is 6. The number of anilines is 1. The summed E-state index contributed by atoms with van der Waals surface area (Å²) in [6.07, 6.45) is -1.12. The van der Waals surface area contributed by atoms with Crippen molar-refractivity contribution in [2.45, 2.75) is 35.6 Å². The molecule has 1 amide bonds. The predicted molar refractivity (Wildman–Crippen MR) is 159 cm³/mol. The van der Waals surface area contributed by atoms with Gasteiger partial charge in [0, 0.05) is 30.1 Å². The van der Waals surface area contributed by atoms with Gasteiger partial charge in [0.15, 0.2) is 0 Å². The monoisotopic (exact) mass is 726 g/mol. The quantitative estimate of drug-likeness (QED) is 0.103. The van der Waals surface area contributed by atoms with E-state index in [2.05, 4.69) is 28.4 Å². The summed E-state index contributed by atoms with van der Waals surface area (Å²) in [5.41, 5.74) is 0.250. The Labute approximate surface area is 262 Å². The summed E-state index contributed by atoms with van der Waals surface area (Å²) >= 11 is 0. The topological polar surface area (TPSA) is 266 Å². The number of ether oxygens (including phenoxy) is 1. The zero-order chi connectivity index (χ0) is 32.8. The molecule has 1 fully saturated rings. The molecule has 2 aromatic heterocycles. The Hall–Kier alpha value is -2.25. The molecule has 3 heterocycles. The van der Waals surface area contributed by atoms with Crippen molar-refractivity contribution in [2.24, 2.45) is 0 Å². The number of amides is 1. The van der Waals surface area contributed by atoms with Gasteiger partial charge in [-0.1, -0.05) is 35.1 Å². The van der Waals surface area contributed by atoms with Gasteiger partial charge in [-0.2, -0.15) is 13.6 Å². The van der Waals surface area contributed by atoms with Gasteiger partial charge >= 0.3 is 29.2 Å². The fraction of sp³-hybridized carbons (Fsp3) is 0.273. The standard InChI is InChI=1S/C22H25N4O14P3S2/c27-16-11-20(38-17(16)12-37-42(33,34)40-43(35,36)39-41(30,31)32)26-10-8-18(25-22(26)29)24-21(28)15-6-2-1-5-14(15)13-44-45-19-7-3-4-9-23-19/h1-10,16-17,20,27H,11-13H2,(H,33,34)(H,35,36)(H2,30,31,32)(H,24,25,28,29). The number of aliphatic hydroxyl groups is 1. The second-order valence-electron chi connectivity index (χ2n) is 8.95. The van der Waals surface area contributed by atoms with Crippen molar-refractivity contribution in [3.05, 3.63) is 82.5 Å². The molecule has 5 atom stereocenters. The number of phosphoric ester groups is 1. The van der Waals surface area contributed by atoms with Crippen LogP contribution < -0.4 is 11.0 Å². The van der Waals surface area contributed by atoms with Gasteiger partial charge < -0.3 is 34.7 Å². The van der Waals surface area contributed by atoms with Crippen LogP contribution in [0.2, 0.25) is 0 Å². The molecular weight excluding hydrogens is 701 g/mol. The van der Waals surface area contributed by atoms with Crippen LogP contribution >= 0.6 is 45.1 Å². The summed E-state index contributed by atoms with van der Waals surface area (Å²) in [5.74, 6) is -0.0724. The summed E-state index contributed by atoms with van der Waals surface area (Å²) in [6, 6.07) is 13.8. The normalized spacial score (nSPS) is 21.1. The largest absolute Gasteiger partial charge is 0.490 e. The molecule has 23 heteroatoms. The highest BCUT2D eigenvalue weighted by molar-refractivity contribution is 8.76. The zero-order valence-corrected chi connectivity index (χ0v) is 26.9. The first-order chi connectivity index (χ1) is 21.1. The first-order valence-corrected chi connectivity index (χ1v) is 19.3. The van der Waals surface area contributed by atoms with Gasteiger partial charge in [-0.3, -0.25) is 13.9 Å². The SMILES string of the molecule is O=C(Nc1ccn(C2CC(O)C(COP(=O)(O)OP(=O)(O)OP(=O)(O)O)O2)c(=O)n1)c1ccccc1CSSc1ccccn1. The minimum atomic E-state index is -5.73. The lowest BCUT2D eigenvalue weighted by atomic mass is 10.1. The van der Waals surface area contributed by atoms with Gasteiger partial charge in [-0.15, -0.1) is 0 Å². The van der Waals surface area contributed by atoms with E-state index in [1.54, 1.807) is 30.5 Å². The maximum absolute atomic E-state index is 13.0. The van der Waals surface area contributed by atoms with Gasteiger partial charge in [0.25, 0.3) is 5.91 Å². The van der Waals surface area contributed by atoms with Crippen molar-refractivity contribution in [2.75, 3.05) is 11.9 Å². The van der Waals surface area contributed by atoms with Crippen LogP contribution in [0.3, 0.4) is 0 Å². The van der Waals surface area contributed by atoms with Gasteiger partial charge in [0.1, 0.15) is 23.2 Å². The van der Waals surface area contributed by atoms with E-state index in [9.17, 15) is 38.2 Å². The molecule has 1 aliphatic rings. The fourth-order valence-corrected chi connectivity index (χ4v) is 8.85. The van der Waals surface area contributed by atoms with E-state index in [1.165, 1.54) is 33.9 Å². The molecule has 0 aliphatic carbocycles. The third-order valence-electron chi connectivity index (χ3n) is 5.66. The van der Waals surface area contributed by atoms with E-state index < -0.39 is 60.1 Å². The molecular formula is C22H25N4O14P3S2. The molecule has 0 radical (unpaired) electrons. The molecule has 45 heavy (non-hydrogen) atoms. The van der Waals surface area contributed by atoms with Crippen molar-refractivity contribution in [1.29, 1.82) is 0 Å². The number of carbonyl (C=O) groups excluding carboxylic acids is 1. The van der Waals surface area contributed by atoms with E-state index in [0.29, 0.717) is 11.3 Å². The van der Waals surface area contributed by atoms with E-state index >= 15 is 0 Å². The number of nitrogens with zero attached hydrogens (tertiary/aromatic N) is 3. The van der Waals surface area contributed by atoms with Crippen molar-refractivity contribution >= 4 is 56.8 Å². The molecule has 1 saturated heterocycles. The molecule has 1 aliphatic heterocycles. The smallest absolute Gasteiger partial charge is 0.390 e. The van der Waals surface area contributed by atoms with Gasteiger partial charge in [-0.05, 0) is 40.6 Å². The van der Waals surface area contributed by atoms with Crippen molar-refractivity contribution in [1.82, 2.24) is 14.5 Å². The number of carbonyl (C=O) groups is 1. The third kappa shape index (κ3) is 10.9. The molecule has 0 bridgehead atoms. The number of rotatable bonds is 14. The van der Waals surface area contributed by atoms with E-state index in [-0.39, 0.29) is 12.2 Å². The van der Waals surface area contributed by atoms with E-state index in [1.807, 2.05) is 18.2 Å². The minimum Gasteiger partial charge on any atom is -0.390 e. The highest BCUT2D eigenvalue weighted by Gasteiger charge is 2.43. The Bertz CT molecular complexity index is 1710. The van der Waals surface area contributed by atoms with Crippen molar-refractivity contribution in [3.8, 4) is 0 Å². The van der Waals surface area contributed by atoms with Crippen molar-refractivity contribution in [3.63, 3.8) is 0 Å². The lowest BCUT2D eigenvalue weighted by molar-refractivity contribution is -0.0449. The number of pyridine rings is 1. The highest BCUT2D eigenvalue weighted by Crippen LogP contribution is 2.66. The first-order valence-electron chi connectivity index (χ1n) is 12.4. The van der Waals surface area contributed by atoms with Gasteiger partial charge in [-0.25, -0.2) is 23.5 Å². The highest BCUT2D eigenvalue weighted by atomic mass is 33.1. The van der Waals surface area contributed by atoms with Crippen molar-refractivity contribution < 1.29 is 61.1 Å². The summed E-state index contributed by atoms with van der Waals surface area (Å²) in [6.45, 7) is -0.907. The lowest BCUT2D eigenvalue weighted by Gasteiger charge is -2.19. The van der Waals surface area contributed by atoms with E-state index in [0.717, 1.165) is 15.2 Å². The fourth-order valence-electron chi connectivity index (χ4n) is 3.81. The lowest BCUT2D eigenvalue weighted by Crippen LogP contribution is -2.29. The Kier molecular flexibility index (Phi) is 11.9. The number of aliphatic hydroxyl groups excluding tert-OH is 1. The average Bonchev–Trinajstić information content (AvgIpc) is 3.31. The molecule has 18 nitrogen and oxygen atoms in total. The maximum Gasteiger partial charge on any atom is 0.490 e. The molecule has 5 unspecified atom stereocenters. The van der Waals surface area contributed by atoms with Crippen LogP contribution in [0.4, 0.5) is 5.82 Å². The number of nitrogens with one attached hydrogen (secondary N) is 1. The Balaban J connectivity index is 1.34. The second-order valence-corrected chi connectivity index (χ2v) is 15.7. The molecule has 1 aromatic carbocycles. The Morgan fingerprint density at radius 3 is 2.47 bits per heavy atom. The number of benzene rings is 1.